The molecule has 1 aliphatic carbocycles. The zero-order valence-corrected chi connectivity index (χ0v) is 13.3. The van der Waals surface area contributed by atoms with Crippen LogP contribution in [0.4, 0.5) is 14.5 Å². The first-order valence-electron chi connectivity index (χ1n) is 6.77. The third-order valence-corrected chi connectivity index (χ3v) is 5.05. The van der Waals surface area contributed by atoms with Crippen LogP contribution in [-0.2, 0) is 11.5 Å². The molecule has 118 valence electrons. The molecule has 1 heterocycles. The highest BCUT2D eigenvalue weighted by Gasteiger charge is 2.61. The molecule has 1 aromatic rings. The smallest absolute Gasteiger partial charge is 0.310 e. The normalized spacial score (nSPS) is 20.5. The second-order valence-corrected chi connectivity index (χ2v) is 12.2. The number of halogens is 2. The average molecular weight is 319 g/mol. The Morgan fingerprint density at radius 1 is 1.57 bits per heavy atom. The van der Waals surface area contributed by atoms with Crippen molar-refractivity contribution in [2.75, 3.05) is 6.61 Å². The Bertz CT molecular complexity index is 542. The van der Waals surface area contributed by atoms with E-state index in [0.29, 0.717) is 6.61 Å². The monoisotopic (exact) mass is 319 g/mol. The molecule has 21 heavy (non-hydrogen) atoms. The van der Waals surface area contributed by atoms with E-state index in [2.05, 4.69) is 24.7 Å². The molecule has 2 rings (SSSR count). The van der Waals surface area contributed by atoms with Crippen LogP contribution in [0.1, 0.15) is 18.0 Å². The van der Waals surface area contributed by atoms with Crippen LogP contribution in [0.2, 0.25) is 25.7 Å². The van der Waals surface area contributed by atoms with Crippen molar-refractivity contribution < 1.29 is 18.4 Å². The summed E-state index contributed by atoms with van der Waals surface area (Å²) in [4.78, 5) is 10.2. The van der Waals surface area contributed by atoms with Gasteiger partial charge in [0, 0.05) is 21.1 Å². The fourth-order valence-corrected chi connectivity index (χ4v) is 2.68. The Morgan fingerprint density at radius 2 is 2.19 bits per heavy atom. The molecular formula is C12H19F2N3O3Si. The lowest BCUT2D eigenvalue weighted by atomic mass is 10.2. The number of nitrogens with zero attached hydrogens (tertiary/aromatic N) is 3. The van der Waals surface area contributed by atoms with Gasteiger partial charge < -0.3 is 4.74 Å². The van der Waals surface area contributed by atoms with Crippen molar-refractivity contribution in [1.82, 2.24) is 9.78 Å². The van der Waals surface area contributed by atoms with Crippen molar-refractivity contribution in [1.29, 1.82) is 0 Å². The lowest BCUT2D eigenvalue weighted by Gasteiger charge is -2.15. The van der Waals surface area contributed by atoms with Gasteiger partial charge in [0.1, 0.15) is 18.6 Å². The van der Waals surface area contributed by atoms with E-state index in [1.165, 1.54) is 4.68 Å². The molecule has 0 aliphatic heterocycles. The summed E-state index contributed by atoms with van der Waals surface area (Å²) in [7, 11) is -1.21. The fraction of sp³-hybridized carbons (Fsp3) is 0.750. The molecule has 1 fully saturated rings. The molecule has 0 aromatic carbocycles. The first kappa shape index (κ1) is 16.0. The van der Waals surface area contributed by atoms with Crippen LogP contribution >= 0.6 is 0 Å². The summed E-state index contributed by atoms with van der Waals surface area (Å²) in [6.45, 7) is 7.22. The quantitative estimate of drug-likeness (QED) is 0.335. The number of ether oxygens (including phenoxy) is 1. The van der Waals surface area contributed by atoms with Crippen molar-refractivity contribution in [2.24, 2.45) is 0 Å². The van der Waals surface area contributed by atoms with E-state index in [-0.39, 0.29) is 24.5 Å². The lowest BCUT2D eigenvalue weighted by molar-refractivity contribution is -0.385. The van der Waals surface area contributed by atoms with Crippen molar-refractivity contribution in [3.05, 3.63) is 22.0 Å². The Kier molecular flexibility index (Phi) is 4.16. The highest BCUT2D eigenvalue weighted by molar-refractivity contribution is 6.76. The van der Waals surface area contributed by atoms with Gasteiger partial charge in [0.05, 0.1) is 10.8 Å². The molecular weight excluding hydrogens is 300 g/mol. The molecule has 1 saturated carbocycles. The van der Waals surface area contributed by atoms with Gasteiger partial charge in [-0.2, -0.15) is 5.10 Å². The Hall–Kier alpha value is -1.35. The van der Waals surface area contributed by atoms with E-state index in [0.717, 1.165) is 12.2 Å². The SMILES string of the molecule is C[Si](C)(C)CCOCn1cc([N+](=O)[O-])c(C2CC2(F)F)n1. The van der Waals surface area contributed by atoms with E-state index in [1.807, 2.05) is 0 Å². The summed E-state index contributed by atoms with van der Waals surface area (Å²) in [5.41, 5.74) is -0.496. The first-order chi connectivity index (χ1) is 9.60. The molecule has 1 unspecified atom stereocenters. The molecule has 0 N–H and O–H groups in total. The van der Waals surface area contributed by atoms with Crippen LogP contribution in [0, 0.1) is 10.1 Å². The number of aromatic nitrogens is 2. The standard InChI is InChI=1S/C12H19F2N3O3Si/c1-21(2,3)5-4-20-8-16-7-10(17(18)19)11(15-16)9-6-12(9,13)14/h7,9H,4-6,8H2,1-3H3. The number of hydrogen-bond donors (Lipinski definition) is 0. The Morgan fingerprint density at radius 3 is 2.67 bits per heavy atom. The van der Waals surface area contributed by atoms with Crippen LogP contribution in [0.25, 0.3) is 0 Å². The zero-order valence-electron chi connectivity index (χ0n) is 12.3. The van der Waals surface area contributed by atoms with Gasteiger partial charge in [-0.3, -0.25) is 10.1 Å². The van der Waals surface area contributed by atoms with Gasteiger partial charge in [-0.1, -0.05) is 19.6 Å². The van der Waals surface area contributed by atoms with Gasteiger partial charge in [0.25, 0.3) is 5.92 Å². The third kappa shape index (κ3) is 4.07. The second-order valence-electron chi connectivity index (χ2n) is 6.56. The predicted octanol–water partition coefficient (Wildman–Crippen LogP) is 3.23. The zero-order chi connectivity index (χ0) is 15.8. The van der Waals surface area contributed by atoms with Gasteiger partial charge in [-0.25, -0.2) is 13.5 Å². The Balaban J connectivity index is 1.98. The molecule has 0 bridgehead atoms. The van der Waals surface area contributed by atoms with E-state index in [4.69, 9.17) is 4.74 Å². The largest absolute Gasteiger partial charge is 0.360 e. The summed E-state index contributed by atoms with van der Waals surface area (Å²) >= 11 is 0. The van der Waals surface area contributed by atoms with E-state index >= 15 is 0 Å². The van der Waals surface area contributed by atoms with Crippen LogP contribution in [0.15, 0.2) is 6.20 Å². The maximum absolute atomic E-state index is 13.1. The average Bonchev–Trinajstić information content (AvgIpc) is 2.80. The maximum atomic E-state index is 13.1. The molecule has 1 aliphatic rings. The minimum Gasteiger partial charge on any atom is -0.360 e. The predicted molar refractivity (Wildman–Crippen MR) is 75.3 cm³/mol. The molecule has 1 atom stereocenters. The lowest BCUT2D eigenvalue weighted by Crippen LogP contribution is -2.22. The minimum absolute atomic E-state index is 0.0452. The van der Waals surface area contributed by atoms with Crippen molar-refractivity contribution in [3.63, 3.8) is 0 Å². The van der Waals surface area contributed by atoms with Crippen LogP contribution in [0.5, 0.6) is 0 Å². The van der Waals surface area contributed by atoms with Gasteiger partial charge in [0.2, 0.25) is 0 Å². The summed E-state index contributed by atoms with van der Waals surface area (Å²) in [5, 5.41) is 14.8. The molecule has 0 spiro atoms. The summed E-state index contributed by atoms with van der Waals surface area (Å²) < 4.78 is 32.8. The summed E-state index contributed by atoms with van der Waals surface area (Å²) in [5.74, 6) is -4.01. The van der Waals surface area contributed by atoms with Crippen LogP contribution < -0.4 is 0 Å². The maximum Gasteiger partial charge on any atom is 0.310 e. The van der Waals surface area contributed by atoms with Crippen molar-refractivity contribution in [2.45, 2.75) is 50.7 Å². The summed E-state index contributed by atoms with van der Waals surface area (Å²) in [6.07, 6.45) is 0.791. The number of rotatable bonds is 7. The number of nitro groups is 1. The molecule has 1 aromatic heterocycles. The summed E-state index contributed by atoms with van der Waals surface area (Å²) in [6, 6.07) is 0.962. The molecule has 6 nitrogen and oxygen atoms in total. The van der Waals surface area contributed by atoms with Crippen LogP contribution in [-0.4, -0.2) is 35.3 Å². The van der Waals surface area contributed by atoms with Gasteiger partial charge >= 0.3 is 5.69 Å². The molecule has 0 saturated heterocycles. The van der Waals surface area contributed by atoms with E-state index < -0.39 is 24.8 Å². The Labute approximate surface area is 122 Å². The van der Waals surface area contributed by atoms with Crippen molar-refractivity contribution in [3.8, 4) is 0 Å². The molecule has 0 amide bonds. The second kappa shape index (κ2) is 5.45. The molecule has 0 radical (unpaired) electrons. The topological polar surface area (TPSA) is 70.2 Å². The van der Waals surface area contributed by atoms with E-state index in [9.17, 15) is 18.9 Å². The highest BCUT2D eigenvalue weighted by Crippen LogP contribution is 2.56. The highest BCUT2D eigenvalue weighted by atomic mass is 28.3. The van der Waals surface area contributed by atoms with Gasteiger partial charge in [0.15, 0.2) is 0 Å². The molecule has 9 heteroatoms. The number of alkyl halides is 2. The minimum atomic E-state index is -2.87. The van der Waals surface area contributed by atoms with Gasteiger partial charge in [-0.15, -0.1) is 0 Å². The van der Waals surface area contributed by atoms with E-state index in [1.54, 1.807) is 0 Å². The number of hydrogen-bond acceptors (Lipinski definition) is 4. The first-order valence-corrected chi connectivity index (χ1v) is 10.5. The third-order valence-electron chi connectivity index (χ3n) is 3.34. The fourth-order valence-electron chi connectivity index (χ4n) is 1.93. The van der Waals surface area contributed by atoms with Crippen LogP contribution in [0.3, 0.4) is 0 Å². The van der Waals surface area contributed by atoms with Gasteiger partial charge in [-0.05, 0) is 6.04 Å². The van der Waals surface area contributed by atoms with Crippen molar-refractivity contribution >= 4 is 13.8 Å².